The lowest BCUT2D eigenvalue weighted by Gasteiger charge is -2.32. The molecule has 11 heteroatoms. The Morgan fingerprint density at radius 2 is 1.94 bits per heavy atom. The Labute approximate surface area is 182 Å². The second-order valence-corrected chi connectivity index (χ2v) is 7.40. The van der Waals surface area contributed by atoms with E-state index in [-0.39, 0.29) is 29.9 Å². The molecule has 1 aromatic carbocycles. The number of piperidine rings is 1. The van der Waals surface area contributed by atoms with Crippen LogP contribution in [0.25, 0.3) is 0 Å². The number of benzene rings is 1. The second kappa shape index (κ2) is 9.41. The molecule has 1 saturated heterocycles. The Morgan fingerprint density at radius 1 is 1.16 bits per heavy atom. The first-order valence-electron chi connectivity index (χ1n) is 10.1. The molecular weight excluding hydrogens is 419 g/mol. The van der Waals surface area contributed by atoms with Crippen LogP contribution in [-0.4, -0.2) is 45.3 Å². The quantitative estimate of drug-likeness (QED) is 0.506. The van der Waals surface area contributed by atoms with Crippen LogP contribution in [0.1, 0.15) is 29.9 Å². The number of nitrogens with one attached hydrogen (secondary N) is 2. The molecule has 10 nitrogen and oxygen atoms in total. The lowest BCUT2D eigenvalue weighted by molar-refractivity contribution is -0.138. The molecule has 0 spiro atoms. The van der Waals surface area contributed by atoms with Crippen molar-refractivity contribution in [2.45, 2.75) is 19.3 Å². The first kappa shape index (κ1) is 21.2. The van der Waals surface area contributed by atoms with Gasteiger partial charge in [0.05, 0.1) is 17.6 Å². The number of para-hydroxylation sites is 1. The van der Waals surface area contributed by atoms with E-state index in [2.05, 4.69) is 30.7 Å². The molecule has 0 aliphatic carbocycles. The highest BCUT2D eigenvalue weighted by Gasteiger charge is 2.22. The SMILES string of the molecule is O=C(O)CC1CCN(c2ccc(NC(=O)c3nnc(Nc4ccccc4F)o3)cn2)CC1. The van der Waals surface area contributed by atoms with Crippen LogP contribution < -0.4 is 15.5 Å². The van der Waals surface area contributed by atoms with E-state index in [1.165, 1.54) is 18.3 Å². The summed E-state index contributed by atoms with van der Waals surface area (Å²) in [4.78, 5) is 29.7. The van der Waals surface area contributed by atoms with Crippen LogP contribution in [0, 0.1) is 11.7 Å². The van der Waals surface area contributed by atoms with Crippen LogP contribution in [0.4, 0.5) is 27.6 Å². The van der Waals surface area contributed by atoms with Crippen LogP contribution in [0.5, 0.6) is 0 Å². The molecule has 0 radical (unpaired) electrons. The molecule has 3 aromatic rings. The van der Waals surface area contributed by atoms with E-state index in [1.807, 2.05) is 0 Å². The summed E-state index contributed by atoms with van der Waals surface area (Å²) in [6.07, 6.45) is 3.31. The van der Waals surface area contributed by atoms with Crippen molar-refractivity contribution in [2.75, 3.05) is 28.6 Å². The van der Waals surface area contributed by atoms with Gasteiger partial charge in [0.15, 0.2) is 0 Å². The summed E-state index contributed by atoms with van der Waals surface area (Å²) in [6.45, 7) is 1.47. The molecule has 4 rings (SSSR count). The number of hydrogen-bond acceptors (Lipinski definition) is 8. The van der Waals surface area contributed by atoms with Crippen molar-refractivity contribution >= 4 is 35.1 Å². The van der Waals surface area contributed by atoms with E-state index < -0.39 is 17.7 Å². The van der Waals surface area contributed by atoms with Crippen molar-refractivity contribution < 1.29 is 23.5 Å². The standard InChI is InChI=1S/C21H21FN6O4/c22-15-3-1-2-4-16(15)25-21-27-26-20(32-21)19(31)24-14-5-6-17(23-12-14)28-9-7-13(8-10-28)11-18(29)30/h1-6,12-13H,7-11H2,(H,24,31)(H,25,27)(H,29,30). The van der Waals surface area contributed by atoms with Crippen LogP contribution >= 0.6 is 0 Å². The first-order valence-corrected chi connectivity index (χ1v) is 10.1. The molecule has 166 valence electrons. The zero-order valence-electron chi connectivity index (χ0n) is 17.0. The van der Waals surface area contributed by atoms with Crippen molar-refractivity contribution in [1.29, 1.82) is 0 Å². The molecule has 0 saturated carbocycles. The number of pyridine rings is 1. The van der Waals surface area contributed by atoms with Gasteiger partial charge in [-0.25, -0.2) is 9.37 Å². The topological polar surface area (TPSA) is 133 Å². The molecule has 0 atom stereocenters. The molecule has 1 fully saturated rings. The third-order valence-corrected chi connectivity index (χ3v) is 5.14. The average molecular weight is 440 g/mol. The Bertz CT molecular complexity index is 1100. The summed E-state index contributed by atoms with van der Waals surface area (Å²) >= 11 is 0. The number of aliphatic carboxylic acids is 1. The van der Waals surface area contributed by atoms with Crippen molar-refractivity contribution in [2.24, 2.45) is 5.92 Å². The molecule has 32 heavy (non-hydrogen) atoms. The third kappa shape index (κ3) is 5.17. The van der Waals surface area contributed by atoms with Gasteiger partial charge in [-0.05, 0) is 43.0 Å². The predicted octanol–water partition coefficient (Wildman–Crippen LogP) is 3.29. The van der Waals surface area contributed by atoms with E-state index in [1.54, 1.807) is 24.3 Å². The Morgan fingerprint density at radius 3 is 2.62 bits per heavy atom. The second-order valence-electron chi connectivity index (χ2n) is 7.40. The van der Waals surface area contributed by atoms with Gasteiger partial charge in [-0.2, -0.15) is 0 Å². The predicted molar refractivity (Wildman–Crippen MR) is 113 cm³/mol. The molecule has 1 amide bonds. The summed E-state index contributed by atoms with van der Waals surface area (Å²) in [7, 11) is 0. The number of halogens is 1. The molecule has 0 unspecified atom stereocenters. The molecule has 1 aliphatic heterocycles. The average Bonchev–Trinajstić information content (AvgIpc) is 3.25. The van der Waals surface area contributed by atoms with Gasteiger partial charge in [0.1, 0.15) is 11.6 Å². The van der Waals surface area contributed by atoms with Gasteiger partial charge < -0.3 is 25.1 Å². The summed E-state index contributed by atoms with van der Waals surface area (Å²) in [5.41, 5.74) is 0.594. The fourth-order valence-corrected chi connectivity index (χ4v) is 3.49. The fourth-order valence-electron chi connectivity index (χ4n) is 3.49. The van der Waals surface area contributed by atoms with Gasteiger partial charge in [0.2, 0.25) is 0 Å². The van der Waals surface area contributed by atoms with E-state index >= 15 is 0 Å². The number of aromatic nitrogens is 3. The third-order valence-electron chi connectivity index (χ3n) is 5.14. The van der Waals surface area contributed by atoms with Crippen LogP contribution in [0.3, 0.4) is 0 Å². The van der Waals surface area contributed by atoms with Crippen LogP contribution in [-0.2, 0) is 4.79 Å². The summed E-state index contributed by atoms with van der Waals surface area (Å²) in [5, 5.41) is 21.5. The maximum atomic E-state index is 13.7. The van der Waals surface area contributed by atoms with Crippen LogP contribution in [0.15, 0.2) is 47.0 Å². The van der Waals surface area contributed by atoms with Gasteiger partial charge in [0, 0.05) is 19.5 Å². The van der Waals surface area contributed by atoms with Crippen molar-refractivity contribution in [3.63, 3.8) is 0 Å². The zero-order chi connectivity index (χ0) is 22.5. The minimum Gasteiger partial charge on any atom is -0.481 e. The molecule has 3 heterocycles. The Balaban J connectivity index is 1.32. The largest absolute Gasteiger partial charge is 0.481 e. The number of carbonyl (C=O) groups is 2. The number of amides is 1. The Kier molecular flexibility index (Phi) is 6.24. The molecule has 0 bridgehead atoms. The zero-order valence-corrected chi connectivity index (χ0v) is 17.0. The number of carboxylic acid groups (broad SMARTS) is 1. The van der Waals surface area contributed by atoms with Crippen molar-refractivity contribution in [1.82, 2.24) is 15.2 Å². The molecule has 2 aromatic heterocycles. The lowest BCUT2D eigenvalue weighted by atomic mass is 9.94. The van der Waals surface area contributed by atoms with E-state index in [9.17, 15) is 14.0 Å². The van der Waals surface area contributed by atoms with Gasteiger partial charge in [-0.1, -0.05) is 17.2 Å². The van der Waals surface area contributed by atoms with E-state index in [0.717, 1.165) is 31.7 Å². The fraction of sp³-hybridized carbons (Fsp3) is 0.286. The molecule has 1 aliphatic rings. The first-order chi connectivity index (χ1) is 15.5. The van der Waals surface area contributed by atoms with E-state index in [4.69, 9.17) is 9.52 Å². The smallest absolute Gasteiger partial charge is 0.320 e. The number of anilines is 4. The number of carbonyl (C=O) groups excluding carboxylic acids is 1. The summed E-state index contributed by atoms with van der Waals surface area (Å²) in [5.74, 6) is -1.22. The van der Waals surface area contributed by atoms with Gasteiger partial charge in [-0.3, -0.25) is 9.59 Å². The highest BCUT2D eigenvalue weighted by molar-refractivity contribution is 6.00. The number of nitrogens with zero attached hydrogens (tertiary/aromatic N) is 4. The van der Waals surface area contributed by atoms with Crippen molar-refractivity contribution in [3.8, 4) is 0 Å². The summed E-state index contributed by atoms with van der Waals surface area (Å²) < 4.78 is 18.9. The normalized spacial score (nSPS) is 14.2. The maximum absolute atomic E-state index is 13.7. The minimum absolute atomic E-state index is 0.111. The Hall–Kier alpha value is -4.02. The number of hydrogen-bond donors (Lipinski definition) is 3. The minimum atomic E-state index is -0.766. The van der Waals surface area contributed by atoms with Crippen LogP contribution in [0.2, 0.25) is 0 Å². The summed E-state index contributed by atoms with van der Waals surface area (Å²) in [6, 6.07) is 9.35. The molecule has 3 N–H and O–H groups in total. The lowest BCUT2D eigenvalue weighted by Crippen LogP contribution is -2.34. The molecular formula is C21H21FN6O4. The van der Waals surface area contributed by atoms with Gasteiger partial charge in [-0.15, -0.1) is 5.10 Å². The number of rotatable bonds is 7. The highest BCUT2D eigenvalue weighted by Crippen LogP contribution is 2.25. The van der Waals surface area contributed by atoms with E-state index in [0.29, 0.717) is 5.69 Å². The number of carboxylic acids is 1. The van der Waals surface area contributed by atoms with Gasteiger partial charge in [0.25, 0.3) is 0 Å². The van der Waals surface area contributed by atoms with Crippen molar-refractivity contribution in [3.05, 3.63) is 54.3 Å². The monoisotopic (exact) mass is 440 g/mol. The maximum Gasteiger partial charge on any atom is 0.320 e. The van der Waals surface area contributed by atoms with Gasteiger partial charge >= 0.3 is 23.8 Å². The highest BCUT2D eigenvalue weighted by atomic mass is 19.1.